The van der Waals surface area contributed by atoms with Crippen molar-refractivity contribution in [1.82, 2.24) is 9.78 Å². The molecule has 0 aliphatic carbocycles. The van der Waals surface area contributed by atoms with E-state index in [-0.39, 0.29) is 13.2 Å². The molecule has 0 saturated carbocycles. The molecule has 0 spiro atoms. The van der Waals surface area contributed by atoms with Crippen LogP contribution in [0.25, 0.3) is 5.69 Å². The van der Waals surface area contributed by atoms with Gasteiger partial charge in [0.25, 0.3) is 0 Å². The van der Waals surface area contributed by atoms with Crippen LogP contribution in [0.5, 0.6) is 5.75 Å². The molecule has 0 unspecified atom stereocenters. The maximum Gasteiger partial charge on any atom is 0.132 e. The molecule has 23 heavy (non-hydrogen) atoms. The predicted octanol–water partition coefficient (Wildman–Crippen LogP) is 2.82. The van der Waals surface area contributed by atoms with Crippen molar-refractivity contribution in [2.45, 2.75) is 13.2 Å². The second-order valence-electron chi connectivity index (χ2n) is 4.95. The maximum atomic E-state index is 9.26. The van der Waals surface area contributed by atoms with E-state index in [2.05, 4.69) is 11.2 Å². The second-order valence-corrected chi connectivity index (χ2v) is 4.95. The Bertz CT molecular complexity index is 818. The lowest BCUT2D eigenvalue weighted by Crippen LogP contribution is -2.07. The van der Waals surface area contributed by atoms with Gasteiger partial charge in [-0.3, -0.25) is 0 Å². The van der Waals surface area contributed by atoms with Gasteiger partial charge in [0.2, 0.25) is 0 Å². The highest BCUT2D eigenvalue weighted by Gasteiger charge is 2.12. The third-order valence-corrected chi connectivity index (χ3v) is 3.47. The molecule has 3 rings (SSSR count). The standard InChI is InChI=1S/C18H15N3O2/c19-10-15-11-20-21(16-4-2-1-3-5-16)18(15)13-23-17-8-6-14(12-22)7-9-17/h1-9,11,22H,12-13H2. The summed E-state index contributed by atoms with van der Waals surface area (Å²) in [5.41, 5.74) is 2.89. The number of nitriles is 1. The summed E-state index contributed by atoms with van der Waals surface area (Å²) in [6.45, 7) is 0.232. The molecule has 3 aromatic rings. The van der Waals surface area contributed by atoms with Gasteiger partial charge in [-0.2, -0.15) is 10.4 Å². The number of nitrogens with zero attached hydrogens (tertiary/aromatic N) is 3. The van der Waals surface area contributed by atoms with Gasteiger partial charge in [-0.25, -0.2) is 4.68 Å². The number of aliphatic hydroxyl groups is 1. The Kier molecular flexibility index (Phi) is 4.37. The second kappa shape index (κ2) is 6.77. The number of hydrogen-bond donors (Lipinski definition) is 1. The molecule has 0 bridgehead atoms. The molecule has 1 N–H and O–H groups in total. The monoisotopic (exact) mass is 305 g/mol. The fourth-order valence-electron chi connectivity index (χ4n) is 2.24. The van der Waals surface area contributed by atoms with Crippen LogP contribution in [0.2, 0.25) is 0 Å². The van der Waals surface area contributed by atoms with Crippen molar-refractivity contribution in [2.24, 2.45) is 0 Å². The summed E-state index contributed by atoms with van der Waals surface area (Å²) in [6, 6.07) is 18.9. The summed E-state index contributed by atoms with van der Waals surface area (Å²) in [5.74, 6) is 0.673. The summed E-state index contributed by atoms with van der Waals surface area (Å²) < 4.78 is 7.47. The summed E-state index contributed by atoms with van der Waals surface area (Å²) >= 11 is 0. The van der Waals surface area contributed by atoms with Crippen molar-refractivity contribution < 1.29 is 9.84 Å². The summed E-state index contributed by atoms with van der Waals surface area (Å²) in [5, 5.41) is 22.6. The van der Waals surface area contributed by atoms with Crippen LogP contribution >= 0.6 is 0 Å². The van der Waals surface area contributed by atoms with Gasteiger partial charge in [0.1, 0.15) is 18.4 Å². The number of ether oxygens (including phenoxy) is 1. The Hall–Kier alpha value is -3.10. The Morgan fingerprint density at radius 3 is 2.48 bits per heavy atom. The molecule has 2 aromatic carbocycles. The molecule has 0 aliphatic heterocycles. The zero-order valence-corrected chi connectivity index (χ0v) is 12.4. The van der Waals surface area contributed by atoms with Crippen molar-refractivity contribution in [1.29, 1.82) is 5.26 Å². The van der Waals surface area contributed by atoms with E-state index in [1.165, 1.54) is 0 Å². The van der Waals surface area contributed by atoms with Gasteiger partial charge in [-0.05, 0) is 29.8 Å². The fraction of sp³-hybridized carbons (Fsp3) is 0.111. The Labute approximate surface area is 134 Å². The Morgan fingerprint density at radius 2 is 1.83 bits per heavy atom. The summed E-state index contributed by atoms with van der Waals surface area (Å²) in [7, 11) is 0. The average molecular weight is 305 g/mol. The smallest absolute Gasteiger partial charge is 0.132 e. The van der Waals surface area contributed by atoms with E-state index in [4.69, 9.17) is 9.84 Å². The first kappa shape index (κ1) is 14.8. The van der Waals surface area contributed by atoms with Crippen LogP contribution in [0.3, 0.4) is 0 Å². The topological polar surface area (TPSA) is 71.1 Å². The number of benzene rings is 2. The number of rotatable bonds is 5. The highest BCUT2D eigenvalue weighted by atomic mass is 16.5. The average Bonchev–Trinajstić information content (AvgIpc) is 3.04. The van der Waals surface area contributed by atoms with E-state index in [9.17, 15) is 5.26 Å². The highest BCUT2D eigenvalue weighted by Crippen LogP contribution is 2.18. The minimum atomic E-state index is -0.000359. The lowest BCUT2D eigenvalue weighted by Gasteiger charge is -2.10. The van der Waals surface area contributed by atoms with Crippen LogP contribution < -0.4 is 4.74 Å². The minimum Gasteiger partial charge on any atom is -0.487 e. The van der Waals surface area contributed by atoms with E-state index in [0.29, 0.717) is 17.0 Å². The quantitative estimate of drug-likeness (QED) is 0.787. The third kappa shape index (κ3) is 3.23. The molecule has 114 valence electrons. The van der Waals surface area contributed by atoms with E-state index < -0.39 is 0 Å². The van der Waals surface area contributed by atoms with Crippen molar-refractivity contribution >= 4 is 0 Å². The molecule has 1 aromatic heterocycles. The number of hydrogen-bond acceptors (Lipinski definition) is 4. The molecule has 0 radical (unpaired) electrons. The van der Waals surface area contributed by atoms with Gasteiger partial charge in [-0.15, -0.1) is 0 Å². The van der Waals surface area contributed by atoms with E-state index in [1.807, 2.05) is 30.3 Å². The van der Waals surface area contributed by atoms with Crippen molar-refractivity contribution in [3.63, 3.8) is 0 Å². The summed E-state index contributed by atoms with van der Waals surface area (Å²) in [4.78, 5) is 0. The zero-order chi connectivity index (χ0) is 16.1. The molecule has 0 fully saturated rings. The largest absolute Gasteiger partial charge is 0.487 e. The maximum absolute atomic E-state index is 9.26. The SMILES string of the molecule is N#Cc1cnn(-c2ccccc2)c1COc1ccc(CO)cc1. The molecule has 0 aliphatic rings. The van der Waals surface area contributed by atoms with Crippen LogP contribution in [0, 0.1) is 11.3 Å². The first-order valence-electron chi connectivity index (χ1n) is 7.17. The molecule has 5 nitrogen and oxygen atoms in total. The van der Waals surface area contributed by atoms with E-state index in [1.54, 1.807) is 35.1 Å². The van der Waals surface area contributed by atoms with Crippen molar-refractivity contribution in [2.75, 3.05) is 0 Å². The normalized spacial score (nSPS) is 10.3. The van der Waals surface area contributed by atoms with Crippen molar-refractivity contribution in [3.05, 3.63) is 77.6 Å². The van der Waals surface area contributed by atoms with Crippen molar-refractivity contribution in [3.8, 4) is 17.5 Å². The van der Waals surface area contributed by atoms with Crippen LogP contribution in [0.4, 0.5) is 0 Å². The number of aliphatic hydroxyl groups excluding tert-OH is 1. The first-order valence-corrected chi connectivity index (χ1v) is 7.17. The Morgan fingerprint density at radius 1 is 1.09 bits per heavy atom. The zero-order valence-electron chi connectivity index (χ0n) is 12.4. The predicted molar refractivity (Wildman–Crippen MR) is 85.0 cm³/mol. The molecule has 5 heteroatoms. The molecule has 0 saturated heterocycles. The molecule has 0 amide bonds. The van der Waals surface area contributed by atoms with Gasteiger partial charge in [0, 0.05) is 0 Å². The molecule has 1 heterocycles. The Balaban J connectivity index is 1.84. The van der Waals surface area contributed by atoms with Gasteiger partial charge in [-0.1, -0.05) is 30.3 Å². The summed E-state index contributed by atoms with van der Waals surface area (Å²) in [6.07, 6.45) is 1.54. The lowest BCUT2D eigenvalue weighted by atomic mass is 10.2. The van der Waals surface area contributed by atoms with Gasteiger partial charge in [0.05, 0.1) is 29.7 Å². The van der Waals surface area contributed by atoms with Crippen LogP contribution in [0.15, 0.2) is 60.8 Å². The first-order chi connectivity index (χ1) is 11.3. The highest BCUT2D eigenvalue weighted by molar-refractivity contribution is 5.39. The van der Waals surface area contributed by atoms with Crippen LogP contribution in [-0.4, -0.2) is 14.9 Å². The third-order valence-electron chi connectivity index (χ3n) is 3.47. The van der Waals surface area contributed by atoms with Gasteiger partial charge < -0.3 is 9.84 Å². The number of para-hydroxylation sites is 1. The molecular formula is C18H15N3O2. The van der Waals surface area contributed by atoms with E-state index >= 15 is 0 Å². The van der Waals surface area contributed by atoms with E-state index in [0.717, 1.165) is 11.3 Å². The minimum absolute atomic E-state index is 0.000359. The lowest BCUT2D eigenvalue weighted by molar-refractivity contribution is 0.280. The number of aromatic nitrogens is 2. The fourth-order valence-corrected chi connectivity index (χ4v) is 2.24. The molecule has 0 atom stereocenters. The van der Waals surface area contributed by atoms with Gasteiger partial charge in [0.15, 0.2) is 0 Å². The molecular weight excluding hydrogens is 290 g/mol. The van der Waals surface area contributed by atoms with Gasteiger partial charge >= 0.3 is 0 Å². The van der Waals surface area contributed by atoms with Crippen LogP contribution in [-0.2, 0) is 13.2 Å². The van der Waals surface area contributed by atoms with Crippen LogP contribution in [0.1, 0.15) is 16.8 Å².